The van der Waals surface area contributed by atoms with Gasteiger partial charge in [0, 0.05) is 0 Å². The van der Waals surface area contributed by atoms with Gasteiger partial charge in [0.05, 0.1) is 12.5 Å². The molecule has 0 aromatic carbocycles. The Kier molecular flexibility index (Phi) is 11.6. The monoisotopic (exact) mass is 429 g/mol. The van der Waals surface area contributed by atoms with Gasteiger partial charge in [0.1, 0.15) is 18.1 Å². The summed E-state index contributed by atoms with van der Waals surface area (Å²) < 4.78 is 0. The number of carbonyl (C=O) groups is 5. The summed E-state index contributed by atoms with van der Waals surface area (Å²) in [6.07, 6.45) is 0.443. The second kappa shape index (κ2) is 12.8. The number of primary amides is 1. The lowest BCUT2D eigenvalue weighted by molar-refractivity contribution is -0.143. The molecule has 172 valence electrons. The van der Waals surface area contributed by atoms with Gasteiger partial charge in [0.25, 0.3) is 0 Å². The molecule has 0 bridgehead atoms. The zero-order chi connectivity index (χ0) is 23.6. The van der Waals surface area contributed by atoms with Gasteiger partial charge in [-0.15, -0.1) is 0 Å². The van der Waals surface area contributed by atoms with Gasteiger partial charge in [0.15, 0.2) is 0 Å². The first-order chi connectivity index (χ1) is 13.8. The van der Waals surface area contributed by atoms with Gasteiger partial charge in [-0.1, -0.05) is 34.1 Å². The highest BCUT2D eigenvalue weighted by Gasteiger charge is 2.30. The van der Waals surface area contributed by atoms with Crippen molar-refractivity contribution >= 4 is 29.6 Å². The van der Waals surface area contributed by atoms with E-state index in [0.29, 0.717) is 6.42 Å². The van der Waals surface area contributed by atoms with Crippen molar-refractivity contribution in [3.05, 3.63) is 0 Å². The molecule has 11 heteroatoms. The van der Waals surface area contributed by atoms with E-state index in [1.807, 2.05) is 13.8 Å². The topological polar surface area (TPSA) is 194 Å². The minimum absolute atomic E-state index is 0.0272. The predicted molar refractivity (Wildman–Crippen MR) is 110 cm³/mol. The maximum Gasteiger partial charge on any atom is 0.326 e. The first-order valence-electron chi connectivity index (χ1n) is 9.97. The van der Waals surface area contributed by atoms with E-state index in [0.717, 1.165) is 0 Å². The molecule has 0 aliphatic rings. The molecule has 5 unspecified atom stereocenters. The van der Waals surface area contributed by atoms with Crippen molar-refractivity contribution in [2.24, 2.45) is 23.3 Å². The summed E-state index contributed by atoms with van der Waals surface area (Å²) in [6.45, 7) is 8.60. The lowest BCUT2D eigenvalue weighted by atomic mass is 9.99. The van der Waals surface area contributed by atoms with Crippen LogP contribution in [-0.4, -0.2) is 58.9 Å². The van der Waals surface area contributed by atoms with E-state index in [4.69, 9.17) is 11.5 Å². The molecule has 0 rings (SSSR count). The van der Waals surface area contributed by atoms with E-state index in [1.165, 1.54) is 6.92 Å². The van der Waals surface area contributed by atoms with Crippen LogP contribution in [0.1, 0.15) is 53.9 Å². The number of nitrogens with two attached hydrogens (primary N) is 2. The van der Waals surface area contributed by atoms with Crippen LogP contribution in [-0.2, 0) is 24.0 Å². The molecule has 4 amide bonds. The summed E-state index contributed by atoms with van der Waals surface area (Å²) in [5, 5.41) is 16.7. The minimum Gasteiger partial charge on any atom is -0.480 e. The van der Waals surface area contributed by atoms with Crippen LogP contribution in [0.2, 0.25) is 0 Å². The molecule has 0 radical (unpaired) electrons. The number of carboxylic acid groups (broad SMARTS) is 1. The number of amides is 4. The molecule has 0 saturated carbocycles. The highest BCUT2D eigenvalue weighted by molar-refractivity contribution is 5.94. The van der Waals surface area contributed by atoms with Crippen LogP contribution in [0.5, 0.6) is 0 Å². The Bertz CT molecular complexity index is 639. The summed E-state index contributed by atoms with van der Waals surface area (Å²) in [7, 11) is 0. The number of hydrogen-bond acceptors (Lipinski definition) is 6. The first-order valence-corrected chi connectivity index (χ1v) is 9.97. The van der Waals surface area contributed by atoms with Gasteiger partial charge in [-0.05, 0) is 25.2 Å². The molecule has 8 N–H and O–H groups in total. The van der Waals surface area contributed by atoms with E-state index in [9.17, 15) is 29.1 Å². The summed E-state index contributed by atoms with van der Waals surface area (Å²) >= 11 is 0. The van der Waals surface area contributed by atoms with E-state index < -0.39 is 53.8 Å². The molecule has 0 spiro atoms. The number of aliphatic carboxylic acids is 1. The third-order valence-electron chi connectivity index (χ3n) is 4.63. The van der Waals surface area contributed by atoms with Crippen LogP contribution in [0.4, 0.5) is 0 Å². The summed E-state index contributed by atoms with van der Waals surface area (Å²) in [5.74, 6) is -4.17. The zero-order valence-corrected chi connectivity index (χ0v) is 18.2. The first kappa shape index (κ1) is 27.3. The molecule has 0 aromatic rings. The Hall–Kier alpha value is -2.69. The van der Waals surface area contributed by atoms with E-state index >= 15 is 0 Å². The molecule has 5 atom stereocenters. The normalized spacial score (nSPS) is 16.0. The fourth-order valence-corrected chi connectivity index (χ4v) is 2.63. The molecule has 11 nitrogen and oxygen atoms in total. The van der Waals surface area contributed by atoms with Crippen LogP contribution in [0.25, 0.3) is 0 Å². The molecule has 0 saturated heterocycles. The van der Waals surface area contributed by atoms with Crippen molar-refractivity contribution in [1.29, 1.82) is 0 Å². The van der Waals surface area contributed by atoms with Crippen LogP contribution in [0.15, 0.2) is 0 Å². The highest BCUT2D eigenvalue weighted by Crippen LogP contribution is 2.09. The van der Waals surface area contributed by atoms with Crippen molar-refractivity contribution in [2.45, 2.75) is 78.0 Å². The average Bonchev–Trinajstić information content (AvgIpc) is 2.63. The van der Waals surface area contributed by atoms with Gasteiger partial charge in [-0.25, -0.2) is 4.79 Å². The lowest BCUT2D eigenvalue weighted by Gasteiger charge is -2.25. The molecular weight excluding hydrogens is 394 g/mol. The van der Waals surface area contributed by atoms with Gasteiger partial charge in [0.2, 0.25) is 23.6 Å². The van der Waals surface area contributed by atoms with Crippen molar-refractivity contribution in [2.75, 3.05) is 0 Å². The minimum atomic E-state index is -1.20. The standard InChI is InChI=1S/C19H35N5O6/c1-6-10(4)15(19(29)30)24-16(26)11(5)22-18(28)13(7-9(2)3)23-17(27)12(20)8-14(21)25/h9-13,15H,6-8,20H2,1-5H3,(H2,21,25)(H,22,28)(H,23,27)(H,24,26)(H,29,30). The Morgan fingerprint density at radius 3 is 1.90 bits per heavy atom. The molecular formula is C19H35N5O6. The predicted octanol–water partition coefficient (Wildman–Crippen LogP) is -1.16. The number of hydrogen-bond donors (Lipinski definition) is 6. The molecule has 0 aliphatic heterocycles. The van der Waals surface area contributed by atoms with Crippen LogP contribution in [0, 0.1) is 11.8 Å². The quantitative estimate of drug-likeness (QED) is 0.212. The summed E-state index contributed by atoms with van der Waals surface area (Å²) in [4.78, 5) is 59.5. The summed E-state index contributed by atoms with van der Waals surface area (Å²) in [6, 6.07) is -4.30. The van der Waals surface area contributed by atoms with Crippen molar-refractivity contribution < 1.29 is 29.1 Å². The third kappa shape index (κ3) is 9.68. The highest BCUT2D eigenvalue weighted by atomic mass is 16.4. The second-order valence-electron chi connectivity index (χ2n) is 7.91. The van der Waals surface area contributed by atoms with Gasteiger partial charge < -0.3 is 32.5 Å². The van der Waals surface area contributed by atoms with Gasteiger partial charge in [-0.3, -0.25) is 19.2 Å². The third-order valence-corrected chi connectivity index (χ3v) is 4.63. The largest absolute Gasteiger partial charge is 0.480 e. The van der Waals surface area contributed by atoms with E-state index in [-0.39, 0.29) is 24.7 Å². The number of carbonyl (C=O) groups excluding carboxylic acids is 4. The Balaban J connectivity index is 5.12. The smallest absolute Gasteiger partial charge is 0.326 e. The second-order valence-corrected chi connectivity index (χ2v) is 7.91. The number of carboxylic acids is 1. The molecule has 0 fully saturated rings. The van der Waals surface area contributed by atoms with E-state index in [2.05, 4.69) is 16.0 Å². The molecule has 0 aliphatic carbocycles. The lowest BCUT2D eigenvalue weighted by Crippen LogP contribution is -2.57. The SMILES string of the molecule is CCC(C)C(NC(=O)C(C)NC(=O)C(CC(C)C)NC(=O)C(N)CC(N)=O)C(=O)O. The van der Waals surface area contributed by atoms with E-state index in [1.54, 1.807) is 13.8 Å². The van der Waals surface area contributed by atoms with Crippen LogP contribution in [0.3, 0.4) is 0 Å². The Morgan fingerprint density at radius 1 is 0.900 bits per heavy atom. The summed E-state index contributed by atoms with van der Waals surface area (Å²) in [5.41, 5.74) is 10.6. The van der Waals surface area contributed by atoms with Crippen molar-refractivity contribution in [3.8, 4) is 0 Å². The van der Waals surface area contributed by atoms with Gasteiger partial charge >= 0.3 is 5.97 Å². The van der Waals surface area contributed by atoms with Gasteiger partial charge in [-0.2, -0.15) is 0 Å². The molecule has 0 heterocycles. The number of nitrogens with one attached hydrogen (secondary N) is 3. The van der Waals surface area contributed by atoms with Crippen molar-refractivity contribution in [1.82, 2.24) is 16.0 Å². The Labute approximate surface area is 176 Å². The zero-order valence-electron chi connectivity index (χ0n) is 18.2. The fourth-order valence-electron chi connectivity index (χ4n) is 2.63. The maximum atomic E-state index is 12.6. The average molecular weight is 430 g/mol. The van der Waals surface area contributed by atoms with Crippen molar-refractivity contribution in [3.63, 3.8) is 0 Å². The Morgan fingerprint density at radius 2 is 1.47 bits per heavy atom. The molecule has 0 aromatic heterocycles. The molecule has 30 heavy (non-hydrogen) atoms. The maximum absolute atomic E-state index is 12.6. The fraction of sp³-hybridized carbons (Fsp3) is 0.737. The number of rotatable bonds is 13. The van der Waals surface area contributed by atoms with Crippen LogP contribution >= 0.6 is 0 Å². The van der Waals surface area contributed by atoms with Crippen LogP contribution < -0.4 is 27.4 Å².